The molecule has 7 nitrogen and oxygen atoms in total. The summed E-state index contributed by atoms with van der Waals surface area (Å²) in [6.07, 6.45) is 6.48. The molecule has 5 rings (SSSR count). The van der Waals surface area contributed by atoms with Crippen LogP contribution in [0.2, 0.25) is 0 Å². The van der Waals surface area contributed by atoms with Crippen LogP contribution < -0.4 is 5.32 Å². The van der Waals surface area contributed by atoms with Gasteiger partial charge in [-0.05, 0) is 41.8 Å². The Labute approximate surface area is 179 Å². The molecule has 1 saturated heterocycles. The Bertz CT molecular complexity index is 1230. The average Bonchev–Trinajstić information content (AvgIpc) is 3.51. The highest BCUT2D eigenvalue weighted by molar-refractivity contribution is 5.99. The minimum atomic E-state index is -0.476. The molecule has 7 heteroatoms. The van der Waals surface area contributed by atoms with E-state index in [1.807, 2.05) is 71.7 Å². The number of anilines is 1. The summed E-state index contributed by atoms with van der Waals surface area (Å²) in [6.45, 7) is 1.05. The number of hydrogen-bond donors (Lipinski definition) is 2. The number of rotatable bonds is 6. The zero-order valence-electron chi connectivity index (χ0n) is 17.0. The van der Waals surface area contributed by atoms with Gasteiger partial charge in [-0.1, -0.05) is 30.3 Å². The van der Waals surface area contributed by atoms with Gasteiger partial charge in [-0.25, -0.2) is 0 Å². The van der Waals surface area contributed by atoms with E-state index in [9.17, 15) is 9.59 Å². The molecular weight excluding hydrogens is 390 g/mol. The van der Waals surface area contributed by atoms with Crippen molar-refractivity contribution in [2.24, 2.45) is 0 Å². The van der Waals surface area contributed by atoms with Gasteiger partial charge in [-0.3, -0.25) is 14.3 Å². The molecule has 1 atom stereocenters. The number of fused-ring (bicyclic) bond motifs is 1. The number of para-hydroxylation sites is 1. The molecule has 31 heavy (non-hydrogen) atoms. The van der Waals surface area contributed by atoms with Crippen LogP contribution in [-0.2, 0) is 22.7 Å². The minimum Gasteiger partial charge on any atom is -0.361 e. The fourth-order valence-corrected chi connectivity index (χ4v) is 4.20. The summed E-state index contributed by atoms with van der Waals surface area (Å²) >= 11 is 0. The van der Waals surface area contributed by atoms with Crippen molar-refractivity contribution < 1.29 is 9.59 Å². The summed E-state index contributed by atoms with van der Waals surface area (Å²) < 4.78 is 1.83. The van der Waals surface area contributed by atoms with E-state index in [-0.39, 0.29) is 11.8 Å². The smallest absolute Gasteiger partial charge is 0.247 e. The van der Waals surface area contributed by atoms with Crippen LogP contribution in [0.15, 0.2) is 73.2 Å². The van der Waals surface area contributed by atoms with E-state index in [4.69, 9.17) is 0 Å². The molecule has 2 amide bonds. The molecule has 1 aliphatic rings. The van der Waals surface area contributed by atoms with Crippen LogP contribution in [0.1, 0.15) is 24.0 Å². The molecule has 2 aromatic carbocycles. The molecule has 0 aliphatic carbocycles. The highest BCUT2D eigenvalue weighted by Crippen LogP contribution is 2.26. The Hall–Kier alpha value is -3.87. The zero-order chi connectivity index (χ0) is 21.2. The van der Waals surface area contributed by atoms with Crippen molar-refractivity contribution in [3.8, 4) is 0 Å². The van der Waals surface area contributed by atoms with E-state index >= 15 is 0 Å². The molecule has 156 valence electrons. The van der Waals surface area contributed by atoms with E-state index in [2.05, 4.69) is 15.4 Å². The van der Waals surface area contributed by atoms with Crippen molar-refractivity contribution in [3.63, 3.8) is 0 Å². The molecule has 3 heterocycles. The van der Waals surface area contributed by atoms with Gasteiger partial charge < -0.3 is 15.2 Å². The summed E-state index contributed by atoms with van der Waals surface area (Å²) in [4.78, 5) is 30.6. The van der Waals surface area contributed by atoms with Gasteiger partial charge in [0.15, 0.2) is 0 Å². The lowest BCUT2D eigenvalue weighted by Crippen LogP contribution is -2.41. The highest BCUT2D eigenvalue weighted by atomic mass is 16.2. The lowest BCUT2D eigenvalue weighted by Gasteiger charge is -2.24. The first-order valence-electron chi connectivity index (χ1n) is 10.4. The standard InChI is InChI=1S/C24H23N5O2/c30-23-10-9-22(29(23)16-18-14-25-21-8-2-1-7-20(18)21)24(31)27-19-6-3-5-17(13-19)15-28-12-4-11-26-28/h1-8,11-14,22,25H,9-10,15-16H2,(H,27,31). The quantitative estimate of drug-likeness (QED) is 0.507. The monoisotopic (exact) mass is 413 g/mol. The van der Waals surface area contributed by atoms with Crippen LogP contribution in [0.5, 0.6) is 0 Å². The van der Waals surface area contributed by atoms with Crippen molar-refractivity contribution in [3.05, 3.63) is 84.3 Å². The van der Waals surface area contributed by atoms with Crippen molar-refractivity contribution in [2.45, 2.75) is 32.0 Å². The number of likely N-dealkylation sites (tertiary alicyclic amines) is 1. The summed E-state index contributed by atoms with van der Waals surface area (Å²) in [5.41, 5.74) is 3.81. The topological polar surface area (TPSA) is 83.0 Å². The van der Waals surface area contributed by atoms with Crippen molar-refractivity contribution in [2.75, 3.05) is 5.32 Å². The van der Waals surface area contributed by atoms with Crippen LogP contribution in [0, 0.1) is 0 Å². The number of hydrogen-bond acceptors (Lipinski definition) is 3. The molecule has 1 unspecified atom stereocenters. The van der Waals surface area contributed by atoms with Gasteiger partial charge >= 0.3 is 0 Å². The molecule has 1 fully saturated rings. The number of nitrogens with one attached hydrogen (secondary N) is 2. The minimum absolute atomic E-state index is 0.0119. The lowest BCUT2D eigenvalue weighted by molar-refractivity contribution is -0.133. The largest absolute Gasteiger partial charge is 0.361 e. The van der Waals surface area contributed by atoms with E-state index in [1.165, 1.54) is 0 Å². The first-order chi connectivity index (χ1) is 15.2. The maximum atomic E-state index is 13.1. The van der Waals surface area contributed by atoms with E-state index in [0.717, 1.165) is 27.7 Å². The summed E-state index contributed by atoms with van der Waals surface area (Å²) in [7, 11) is 0. The second-order valence-electron chi connectivity index (χ2n) is 7.83. The normalized spacial score (nSPS) is 16.2. The average molecular weight is 413 g/mol. The van der Waals surface area contributed by atoms with E-state index in [0.29, 0.717) is 25.9 Å². The van der Waals surface area contributed by atoms with Gasteiger partial charge in [-0.2, -0.15) is 5.10 Å². The van der Waals surface area contributed by atoms with Crippen LogP contribution in [0.25, 0.3) is 10.9 Å². The predicted molar refractivity (Wildman–Crippen MR) is 118 cm³/mol. The highest BCUT2D eigenvalue weighted by Gasteiger charge is 2.36. The van der Waals surface area contributed by atoms with Gasteiger partial charge in [0.1, 0.15) is 6.04 Å². The number of carbonyl (C=O) groups is 2. The number of H-pyrrole nitrogens is 1. The van der Waals surface area contributed by atoms with E-state index < -0.39 is 6.04 Å². The lowest BCUT2D eigenvalue weighted by atomic mass is 10.1. The SMILES string of the molecule is O=C(Nc1cccc(Cn2cccn2)c1)C1CCC(=O)N1Cc1c[nH]c2ccccc12. The molecule has 0 radical (unpaired) electrons. The third-order valence-corrected chi connectivity index (χ3v) is 5.74. The van der Waals surface area contributed by atoms with Gasteiger partial charge in [0, 0.05) is 48.1 Å². The molecule has 2 N–H and O–H groups in total. The molecule has 2 aromatic heterocycles. The van der Waals surface area contributed by atoms with Crippen molar-refractivity contribution >= 4 is 28.4 Å². The molecule has 0 saturated carbocycles. The second-order valence-corrected chi connectivity index (χ2v) is 7.83. The molecule has 0 bridgehead atoms. The molecule has 4 aromatic rings. The Balaban J connectivity index is 1.31. The van der Waals surface area contributed by atoms with E-state index in [1.54, 1.807) is 11.1 Å². The number of carbonyl (C=O) groups excluding carboxylic acids is 2. The number of aromatic nitrogens is 3. The number of aromatic amines is 1. The maximum Gasteiger partial charge on any atom is 0.247 e. The van der Waals surface area contributed by atoms with Crippen LogP contribution in [-0.4, -0.2) is 37.5 Å². The third kappa shape index (κ3) is 3.94. The Morgan fingerprint density at radius 2 is 2.03 bits per heavy atom. The van der Waals surface area contributed by atoms with Gasteiger partial charge in [-0.15, -0.1) is 0 Å². The third-order valence-electron chi connectivity index (χ3n) is 5.74. The number of amides is 2. The molecular formula is C24H23N5O2. The van der Waals surface area contributed by atoms with Gasteiger partial charge in [0.2, 0.25) is 11.8 Å². The Morgan fingerprint density at radius 1 is 1.13 bits per heavy atom. The fourth-order valence-electron chi connectivity index (χ4n) is 4.20. The summed E-state index contributed by atoms with van der Waals surface area (Å²) in [5.74, 6) is -0.139. The first-order valence-corrected chi connectivity index (χ1v) is 10.4. The number of nitrogens with zero attached hydrogens (tertiary/aromatic N) is 3. The van der Waals surface area contributed by atoms with Crippen molar-refractivity contribution in [1.82, 2.24) is 19.7 Å². The molecule has 1 aliphatic heterocycles. The Morgan fingerprint density at radius 3 is 2.90 bits per heavy atom. The van der Waals surface area contributed by atoms with Crippen LogP contribution in [0.4, 0.5) is 5.69 Å². The predicted octanol–water partition coefficient (Wildman–Crippen LogP) is 3.54. The maximum absolute atomic E-state index is 13.1. The second kappa shape index (κ2) is 8.10. The van der Waals surface area contributed by atoms with Crippen molar-refractivity contribution in [1.29, 1.82) is 0 Å². The van der Waals surface area contributed by atoms with Gasteiger partial charge in [0.05, 0.1) is 6.54 Å². The fraction of sp³-hybridized carbons (Fsp3) is 0.208. The van der Waals surface area contributed by atoms with Crippen LogP contribution >= 0.6 is 0 Å². The van der Waals surface area contributed by atoms with Gasteiger partial charge in [0.25, 0.3) is 0 Å². The summed E-state index contributed by atoms with van der Waals surface area (Å²) in [5, 5.41) is 8.30. The zero-order valence-corrected chi connectivity index (χ0v) is 17.0. The Kier molecular flexibility index (Phi) is 5.00. The van der Waals surface area contributed by atoms with Crippen LogP contribution in [0.3, 0.4) is 0 Å². The number of benzene rings is 2. The first kappa shape index (κ1) is 19.1. The summed E-state index contributed by atoms with van der Waals surface area (Å²) in [6, 6.07) is 17.1. The molecule has 0 spiro atoms.